The smallest absolute Gasteiger partial charge is 0.332 e. The summed E-state index contributed by atoms with van der Waals surface area (Å²) in [5, 5.41) is 14.2. The van der Waals surface area contributed by atoms with Gasteiger partial charge >= 0.3 is 5.69 Å². The van der Waals surface area contributed by atoms with Gasteiger partial charge in [0.2, 0.25) is 11.8 Å². The van der Waals surface area contributed by atoms with E-state index in [2.05, 4.69) is 25.7 Å². The fourth-order valence-electron chi connectivity index (χ4n) is 1.94. The minimum atomic E-state index is -0.512. The van der Waals surface area contributed by atoms with Crippen LogP contribution in [0, 0.1) is 17.0 Å². The SMILES string of the molecule is Cc1nc(NN)nc(NC(C)Cn2ccnc2)c1[N+](=O)[O-]. The molecule has 10 nitrogen and oxygen atoms in total. The molecule has 0 aliphatic heterocycles. The predicted octanol–water partition coefficient (Wildman–Crippen LogP) is 0.676. The second-order valence-corrected chi connectivity index (χ2v) is 4.54. The van der Waals surface area contributed by atoms with Crippen LogP contribution in [0.25, 0.3) is 0 Å². The lowest BCUT2D eigenvalue weighted by Crippen LogP contribution is -2.23. The number of nitro groups is 1. The van der Waals surface area contributed by atoms with Crippen LogP contribution in [0.15, 0.2) is 18.7 Å². The van der Waals surface area contributed by atoms with Crippen molar-refractivity contribution >= 4 is 17.5 Å². The third kappa shape index (κ3) is 3.42. The van der Waals surface area contributed by atoms with Gasteiger partial charge in [-0.1, -0.05) is 0 Å². The highest BCUT2D eigenvalue weighted by Gasteiger charge is 2.23. The van der Waals surface area contributed by atoms with Gasteiger partial charge in [-0.05, 0) is 13.8 Å². The number of nitrogens with one attached hydrogen (secondary N) is 2. The quantitative estimate of drug-likeness (QED) is 0.401. The fourth-order valence-corrected chi connectivity index (χ4v) is 1.94. The molecule has 112 valence electrons. The second kappa shape index (κ2) is 6.13. The van der Waals surface area contributed by atoms with Crippen molar-refractivity contribution in [3.63, 3.8) is 0 Å². The maximum atomic E-state index is 11.2. The number of imidazole rings is 1. The Labute approximate surface area is 120 Å². The Morgan fingerprint density at radius 3 is 2.86 bits per heavy atom. The normalized spacial score (nSPS) is 12.0. The maximum absolute atomic E-state index is 11.2. The van der Waals surface area contributed by atoms with E-state index in [1.54, 1.807) is 12.5 Å². The van der Waals surface area contributed by atoms with Crippen molar-refractivity contribution in [3.05, 3.63) is 34.5 Å². The monoisotopic (exact) mass is 292 g/mol. The summed E-state index contributed by atoms with van der Waals surface area (Å²) in [5.41, 5.74) is 2.37. The zero-order chi connectivity index (χ0) is 15.4. The molecule has 0 spiro atoms. The molecule has 0 saturated heterocycles. The largest absolute Gasteiger partial charge is 0.360 e. The first kappa shape index (κ1) is 14.7. The molecule has 4 N–H and O–H groups in total. The van der Waals surface area contributed by atoms with Gasteiger partial charge in [-0.3, -0.25) is 15.5 Å². The predicted molar refractivity (Wildman–Crippen MR) is 76.5 cm³/mol. The van der Waals surface area contributed by atoms with Crippen LogP contribution in [0.1, 0.15) is 12.6 Å². The minimum absolute atomic E-state index is 0.0992. The highest BCUT2D eigenvalue weighted by atomic mass is 16.6. The van der Waals surface area contributed by atoms with Crippen LogP contribution >= 0.6 is 0 Å². The third-order valence-corrected chi connectivity index (χ3v) is 2.80. The number of hydrazine groups is 1. The van der Waals surface area contributed by atoms with Crippen molar-refractivity contribution in [2.75, 3.05) is 10.7 Å². The summed E-state index contributed by atoms with van der Waals surface area (Å²) in [7, 11) is 0. The Balaban J connectivity index is 2.24. The molecule has 2 rings (SSSR count). The first-order valence-corrected chi connectivity index (χ1v) is 6.23. The summed E-state index contributed by atoms with van der Waals surface area (Å²) < 4.78 is 1.86. The molecular weight excluding hydrogens is 276 g/mol. The Bertz CT molecular complexity index is 627. The Morgan fingerprint density at radius 2 is 2.29 bits per heavy atom. The van der Waals surface area contributed by atoms with Gasteiger partial charge in [0.15, 0.2) is 0 Å². The number of nitrogens with zero attached hydrogens (tertiary/aromatic N) is 5. The van der Waals surface area contributed by atoms with Gasteiger partial charge < -0.3 is 9.88 Å². The Hall–Kier alpha value is -2.75. The molecule has 0 bridgehead atoms. The number of nitrogens with two attached hydrogens (primary N) is 1. The van der Waals surface area contributed by atoms with E-state index < -0.39 is 4.92 Å². The van der Waals surface area contributed by atoms with Crippen molar-refractivity contribution in [2.24, 2.45) is 5.84 Å². The van der Waals surface area contributed by atoms with E-state index in [0.717, 1.165) is 0 Å². The van der Waals surface area contributed by atoms with Crippen LogP contribution in [-0.2, 0) is 6.54 Å². The number of aryl methyl sites for hydroxylation is 1. The van der Waals surface area contributed by atoms with Gasteiger partial charge in [0.05, 0.1) is 11.3 Å². The summed E-state index contributed by atoms with van der Waals surface area (Å²) in [6, 6.07) is -0.0992. The zero-order valence-electron chi connectivity index (χ0n) is 11.6. The number of aromatic nitrogens is 4. The Kier molecular flexibility index (Phi) is 4.28. The van der Waals surface area contributed by atoms with Gasteiger partial charge in [-0.15, -0.1) is 0 Å². The van der Waals surface area contributed by atoms with Crippen molar-refractivity contribution < 1.29 is 4.92 Å². The van der Waals surface area contributed by atoms with Crippen LogP contribution in [-0.4, -0.2) is 30.5 Å². The number of hydrogen-bond acceptors (Lipinski definition) is 8. The highest BCUT2D eigenvalue weighted by Crippen LogP contribution is 2.26. The topological polar surface area (TPSA) is 137 Å². The van der Waals surface area contributed by atoms with Gasteiger partial charge in [0, 0.05) is 25.0 Å². The first-order chi connectivity index (χ1) is 10.0. The van der Waals surface area contributed by atoms with Crippen LogP contribution in [0.5, 0.6) is 0 Å². The molecule has 2 aromatic heterocycles. The van der Waals surface area contributed by atoms with Gasteiger partial charge in [-0.2, -0.15) is 4.98 Å². The summed E-state index contributed by atoms with van der Waals surface area (Å²) in [5.74, 6) is 5.52. The van der Waals surface area contributed by atoms with Gasteiger partial charge in [0.1, 0.15) is 5.69 Å². The minimum Gasteiger partial charge on any atom is -0.360 e. The average Bonchev–Trinajstić information content (AvgIpc) is 2.90. The molecule has 0 amide bonds. The molecule has 0 aliphatic carbocycles. The van der Waals surface area contributed by atoms with Crippen molar-refractivity contribution in [1.29, 1.82) is 0 Å². The fraction of sp³-hybridized carbons (Fsp3) is 0.364. The molecule has 0 fully saturated rings. The van der Waals surface area contributed by atoms with Crippen LogP contribution in [0.2, 0.25) is 0 Å². The van der Waals surface area contributed by atoms with Crippen molar-refractivity contribution in [1.82, 2.24) is 19.5 Å². The zero-order valence-corrected chi connectivity index (χ0v) is 11.6. The molecule has 2 heterocycles. The van der Waals surface area contributed by atoms with Gasteiger partial charge in [-0.25, -0.2) is 15.8 Å². The van der Waals surface area contributed by atoms with E-state index >= 15 is 0 Å². The summed E-state index contributed by atoms with van der Waals surface area (Å²) in [6.45, 7) is 4.01. The summed E-state index contributed by atoms with van der Waals surface area (Å²) in [6.07, 6.45) is 5.15. The maximum Gasteiger partial charge on any atom is 0.332 e. The molecule has 1 unspecified atom stereocenters. The lowest BCUT2D eigenvalue weighted by molar-refractivity contribution is -0.385. The first-order valence-electron chi connectivity index (χ1n) is 6.23. The van der Waals surface area contributed by atoms with Crippen LogP contribution in [0.3, 0.4) is 0 Å². The van der Waals surface area contributed by atoms with E-state index in [0.29, 0.717) is 6.54 Å². The van der Waals surface area contributed by atoms with E-state index in [-0.39, 0.29) is 29.2 Å². The number of anilines is 2. The third-order valence-electron chi connectivity index (χ3n) is 2.80. The molecule has 0 saturated carbocycles. The van der Waals surface area contributed by atoms with Crippen LogP contribution < -0.4 is 16.6 Å². The number of hydrogen-bond donors (Lipinski definition) is 3. The molecule has 0 radical (unpaired) electrons. The lowest BCUT2D eigenvalue weighted by atomic mass is 10.3. The van der Waals surface area contributed by atoms with Gasteiger partial charge in [0.25, 0.3) is 0 Å². The number of nitrogen functional groups attached to an aromatic ring is 1. The van der Waals surface area contributed by atoms with E-state index in [9.17, 15) is 10.1 Å². The standard InChI is InChI=1S/C11H16N8O2/c1-7(5-18-4-3-13-6-18)14-10-9(19(20)21)8(2)15-11(16-10)17-12/h3-4,6-7H,5,12H2,1-2H3,(H2,14,15,16,17). The van der Waals surface area contributed by atoms with E-state index in [4.69, 9.17) is 5.84 Å². The van der Waals surface area contributed by atoms with E-state index in [1.807, 2.05) is 17.7 Å². The van der Waals surface area contributed by atoms with Crippen molar-refractivity contribution in [3.8, 4) is 0 Å². The second-order valence-electron chi connectivity index (χ2n) is 4.54. The summed E-state index contributed by atoms with van der Waals surface area (Å²) in [4.78, 5) is 22.5. The molecule has 10 heteroatoms. The van der Waals surface area contributed by atoms with E-state index in [1.165, 1.54) is 6.92 Å². The average molecular weight is 292 g/mol. The van der Waals surface area contributed by atoms with Crippen LogP contribution in [0.4, 0.5) is 17.5 Å². The number of rotatable bonds is 6. The lowest BCUT2D eigenvalue weighted by Gasteiger charge is -2.16. The molecule has 1 atom stereocenters. The highest BCUT2D eigenvalue weighted by molar-refractivity contribution is 5.61. The molecule has 2 aromatic rings. The molecule has 0 aliphatic rings. The molecule has 0 aromatic carbocycles. The van der Waals surface area contributed by atoms with Crippen molar-refractivity contribution in [2.45, 2.75) is 26.4 Å². The molecule has 21 heavy (non-hydrogen) atoms. The summed E-state index contributed by atoms with van der Waals surface area (Å²) >= 11 is 0. The Morgan fingerprint density at radius 1 is 1.52 bits per heavy atom. The molecular formula is C11H16N8O2.